The number of phosphoric ester groups is 1. The van der Waals surface area contributed by atoms with Crippen molar-refractivity contribution in [3.05, 3.63) is 12.3 Å². The van der Waals surface area contributed by atoms with E-state index < -0.39 is 38.7 Å². The van der Waals surface area contributed by atoms with Gasteiger partial charge in [-0.2, -0.15) is 0 Å². The molecule has 2 heterocycles. The molecule has 0 aromatic rings. The lowest BCUT2D eigenvalue weighted by Crippen LogP contribution is -2.59. The van der Waals surface area contributed by atoms with Crippen LogP contribution in [0.25, 0.3) is 0 Å². The second kappa shape index (κ2) is 6.63. The maximum absolute atomic E-state index is 11.6. The number of ether oxygens (including phenoxy) is 1. The maximum Gasteiger partial charge on any atom is 0.472 e. The Morgan fingerprint density at radius 1 is 1.59 bits per heavy atom. The molecule has 2 aliphatic rings. The number of rotatable bonds is 5. The van der Waals surface area contributed by atoms with Crippen molar-refractivity contribution in [2.24, 2.45) is 5.73 Å². The largest absolute Gasteiger partial charge is 0.472 e. The van der Waals surface area contributed by atoms with Gasteiger partial charge < -0.3 is 25.0 Å². The van der Waals surface area contributed by atoms with Crippen molar-refractivity contribution in [1.29, 1.82) is 0 Å². The number of hydrogen-bond donors (Lipinski definition) is 4. The third kappa shape index (κ3) is 3.49. The van der Waals surface area contributed by atoms with E-state index in [1.807, 2.05) is 0 Å². The van der Waals surface area contributed by atoms with Gasteiger partial charge in [0.25, 0.3) is 0 Å². The molecule has 126 valence electrons. The molecule has 0 aromatic carbocycles. The lowest BCUT2D eigenvalue weighted by atomic mass is 10.1. The molecular formula is C11H20N3O7P. The first kappa shape index (κ1) is 17.4. The number of hydrogen-bond acceptors (Lipinski definition) is 8. The van der Waals surface area contributed by atoms with Crippen LogP contribution in [0, 0.1) is 0 Å². The van der Waals surface area contributed by atoms with Crippen LogP contribution >= 0.6 is 7.82 Å². The van der Waals surface area contributed by atoms with Gasteiger partial charge in [0.1, 0.15) is 12.2 Å². The smallest absolute Gasteiger partial charge is 0.386 e. The fraction of sp³-hybridized carbons (Fsp3) is 0.727. The summed E-state index contributed by atoms with van der Waals surface area (Å²) in [5.41, 5.74) is 5.78. The predicted molar refractivity (Wildman–Crippen MR) is 73.8 cm³/mol. The Bertz CT molecular complexity index is 502. The summed E-state index contributed by atoms with van der Waals surface area (Å²) >= 11 is 0. The number of nitrogens with zero attached hydrogens (tertiary/aromatic N) is 1. The summed E-state index contributed by atoms with van der Waals surface area (Å²) in [5, 5.41) is 12.8. The second-order valence-electron chi connectivity index (χ2n) is 4.90. The maximum atomic E-state index is 11.6. The quantitative estimate of drug-likeness (QED) is 0.455. The Morgan fingerprint density at radius 2 is 2.27 bits per heavy atom. The van der Waals surface area contributed by atoms with Gasteiger partial charge in [-0.3, -0.25) is 19.6 Å². The summed E-state index contributed by atoms with van der Waals surface area (Å²) in [6, 6.07) is 0. The number of phosphoric acid groups is 1. The van der Waals surface area contributed by atoms with Crippen LogP contribution in [0.2, 0.25) is 0 Å². The first-order chi connectivity index (χ1) is 10.3. The Hall–Kier alpha value is -1.00. The highest BCUT2D eigenvalue weighted by molar-refractivity contribution is 7.47. The van der Waals surface area contributed by atoms with E-state index in [1.165, 1.54) is 17.2 Å². The number of nitrogens with one attached hydrogen (secondary N) is 1. The summed E-state index contributed by atoms with van der Waals surface area (Å²) in [4.78, 5) is 22.0. The Morgan fingerprint density at radius 3 is 2.82 bits per heavy atom. The SMILES string of the molecule is CC[C@H]1O[C@@H](N2C=CC(=O)NC2N)C(O)C1OP(=O)(O)OC. The molecule has 0 aliphatic carbocycles. The van der Waals surface area contributed by atoms with E-state index in [0.29, 0.717) is 6.42 Å². The van der Waals surface area contributed by atoms with E-state index in [1.54, 1.807) is 6.92 Å². The molecule has 0 bridgehead atoms. The van der Waals surface area contributed by atoms with Crippen molar-refractivity contribution in [3.63, 3.8) is 0 Å². The zero-order chi connectivity index (χ0) is 16.5. The lowest BCUT2D eigenvalue weighted by Gasteiger charge is -2.36. The summed E-state index contributed by atoms with van der Waals surface area (Å²) in [6.07, 6.45) is -1.72. The molecule has 1 amide bonds. The Kier molecular flexibility index (Phi) is 5.23. The number of carbonyl (C=O) groups excluding carboxylic acids is 1. The van der Waals surface area contributed by atoms with Crippen molar-refractivity contribution >= 4 is 13.7 Å². The van der Waals surface area contributed by atoms with Crippen LogP contribution in [0.1, 0.15) is 13.3 Å². The summed E-state index contributed by atoms with van der Waals surface area (Å²) in [6.45, 7) is 1.78. The summed E-state index contributed by atoms with van der Waals surface area (Å²) in [5.74, 6) is -0.365. The molecule has 0 aromatic heterocycles. The fourth-order valence-electron chi connectivity index (χ4n) is 2.38. The van der Waals surface area contributed by atoms with Gasteiger partial charge in [-0.25, -0.2) is 4.57 Å². The van der Waals surface area contributed by atoms with Crippen LogP contribution in [0.15, 0.2) is 12.3 Å². The van der Waals surface area contributed by atoms with Gasteiger partial charge in [-0.1, -0.05) is 6.92 Å². The predicted octanol–water partition coefficient (Wildman–Crippen LogP) is -1.20. The molecular weight excluding hydrogens is 317 g/mol. The van der Waals surface area contributed by atoms with E-state index in [0.717, 1.165) is 7.11 Å². The van der Waals surface area contributed by atoms with Crippen molar-refractivity contribution in [2.75, 3.05) is 7.11 Å². The number of aliphatic hydroxyl groups is 1. The van der Waals surface area contributed by atoms with Crippen molar-refractivity contribution in [1.82, 2.24) is 10.2 Å². The normalized spacial score (nSPS) is 38.0. The Labute approximate surface area is 127 Å². The second-order valence-corrected chi connectivity index (χ2v) is 6.41. The third-order valence-corrected chi connectivity index (χ3v) is 4.47. The highest BCUT2D eigenvalue weighted by Crippen LogP contribution is 2.47. The van der Waals surface area contributed by atoms with Gasteiger partial charge in [0.15, 0.2) is 12.5 Å². The van der Waals surface area contributed by atoms with E-state index >= 15 is 0 Å². The molecule has 4 unspecified atom stereocenters. The highest BCUT2D eigenvalue weighted by atomic mass is 31.2. The molecule has 2 rings (SSSR count). The first-order valence-corrected chi connectivity index (χ1v) is 8.20. The van der Waals surface area contributed by atoms with Crippen LogP contribution in [-0.4, -0.2) is 58.7 Å². The standard InChI is InChI=1S/C11H20N3O7P/c1-3-6-9(21-22(17,18)19-2)8(16)10(20-6)14-5-4-7(15)13-11(14)12/h4-6,8-11,16H,3,12H2,1-2H3,(H,13,15)(H,17,18)/t6-,8?,9?,10-,11?/m1/s1. The number of nitrogens with two attached hydrogens (primary N) is 1. The molecule has 22 heavy (non-hydrogen) atoms. The van der Waals surface area contributed by atoms with Crippen LogP contribution in [0.3, 0.4) is 0 Å². The monoisotopic (exact) mass is 337 g/mol. The molecule has 11 heteroatoms. The molecule has 0 spiro atoms. The average molecular weight is 337 g/mol. The van der Waals surface area contributed by atoms with Gasteiger partial charge in [0, 0.05) is 19.4 Å². The Balaban J connectivity index is 2.17. The average Bonchev–Trinajstić information content (AvgIpc) is 2.76. The van der Waals surface area contributed by atoms with Gasteiger partial charge >= 0.3 is 7.82 Å². The van der Waals surface area contributed by atoms with Gasteiger partial charge in [0.05, 0.1) is 6.10 Å². The van der Waals surface area contributed by atoms with E-state index in [9.17, 15) is 19.4 Å². The molecule has 5 N–H and O–H groups in total. The molecule has 2 aliphatic heterocycles. The zero-order valence-electron chi connectivity index (χ0n) is 12.2. The number of aliphatic hydroxyl groups excluding tert-OH is 1. The van der Waals surface area contributed by atoms with Crippen LogP contribution < -0.4 is 11.1 Å². The van der Waals surface area contributed by atoms with Gasteiger partial charge in [-0.15, -0.1) is 0 Å². The van der Waals surface area contributed by atoms with Crippen molar-refractivity contribution < 1.29 is 33.1 Å². The zero-order valence-corrected chi connectivity index (χ0v) is 13.1. The van der Waals surface area contributed by atoms with E-state index in [2.05, 4.69) is 9.84 Å². The molecule has 10 nitrogen and oxygen atoms in total. The number of amides is 1. The minimum absolute atomic E-state index is 0.365. The molecule has 0 radical (unpaired) electrons. The van der Waals surface area contributed by atoms with Crippen LogP contribution in [0.4, 0.5) is 0 Å². The van der Waals surface area contributed by atoms with E-state index in [4.69, 9.17) is 15.0 Å². The minimum atomic E-state index is -4.28. The molecule has 0 saturated carbocycles. The van der Waals surface area contributed by atoms with Crippen LogP contribution in [-0.2, 0) is 23.1 Å². The lowest BCUT2D eigenvalue weighted by molar-refractivity contribution is -0.125. The summed E-state index contributed by atoms with van der Waals surface area (Å²) < 4.78 is 26.6. The van der Waals surface area contributed by atoms with Gasteiger partial charge in [0.2, 0.25) is 5.91 Å². The van der Waals surface area contributed by atoms with Crippen LogP contribution in [0.5, 0.6) is 0 Å². The minimum Gasteiger partial charge on any atom is -0.386 e. The summed E-state index contributed by atoms with van der Waals surface area (Å²) in [7, 11) is -3.25. The third-order valence-electron chi connectivity index (χ3n) is 3.50. The topological polar surface area (TPSA) is 144 Å². The molecule has 6 atom stereocenters. The van der Waals surface area contributed by atoms with E-state index in [-0.39, 0.29) is 5.91 Å². The molecule has 1 fully saturated rings. The number of carbonyl (C=O) groups is 1. The highest BCUT2D eigenvalue weighted by Gasteiger charge is 2.49. The van der Waals surface area contributed by atoms with Crippen molar-refractivity contribution in [2.45, 2.75) is 44.2 Å². The van der Waals surface area contributed by atoms with Gasteiger partial charge in [-0.05, 0) is 6.42 Å². The molecule has 1 saturated heterocycles. The van der Waals surface area contributed by atoms with Crippen molar-refractivity contribution in [3.8, 4) is 0 Å². The fourth-order valence-corrected chi connectivity index (χ4v) is 3.03. The first-order valence-electron chi connectivity index (χ1n) is 6.71.